The molecule has 3 aliphatic heterocycles. The van der Waals surface area contributed by atoms with Gasteiger partial charge < -0.3 is 10.3 Å². The van der Waals surface area contributed by atoms with Crippen LogP contribution in [0.5, 0.6) is 0 Å². The lowest BCUT2D eigenvalue weighted by molar-refractivity contribution is -0.130. The summed E-state index contributed by atoms with van der Waals surface area (Å²) < 4.78 is 13.6. The molecule has 0 radical (unpaired) electrons. The minimum absolute atomic E-state index is 0.301. The Labute approximate surface area is 211 Å². The molecule has 184 valence electrons. The molecule has 1 spiro atoms. The molecule has 2 fully saturated rings. The van der Waals surface area contributed by atoms with Gasteiger partial charge in [-0.3, -0.25) is 19.7 Å². The Morgan fingerprint density at radius 1 is 0.973 bits per heavy atom. The molecule has 3 aliphatic rings. The number of hydrogen-bond donors (Lipinski definition) is 3. The van der Waals surface area contributed by atoms with E-state index >= 15 is 0 Å². The van der Waals surface area contributed by atoms with Crippen molar-refractivity contribution < 1.29 is 18.8 Å². The number of rotatable bonds is 3. The number of H-pyrrole nitrogens is 1. The zero-order chi connectivity index (χ0) is 25.5. The van der Waals surface area contributed by atoms with Crippen molar-refractivity contribution in [3.63, 3.8) is 0 Å². The molecule has 4 atom stereocenters. The first-order valence-electron chi connectivity index (χ1n) is 12.3. The van der Waals surface area contributed by atoms with Crippen LogP contribution in [0.1, 0.15) is 16.7 Å². The number of benzene rings is 3. The van der Waals surface area contributed by atoms with Gasteiger partial charge in [-0.15, -0.1) is 0 Å². The van der Waals surface area contributed by atoms with E-state index in [4.69, 9.17) is 0 Å². The number of carbonyl (C=O) groups is 3. The highest BCUT2D eigenvalue weighted by Gasteiger charge is 2.70. The fourth-order valence-corrected chi connectivity index (χ4v) is 6.47. The van der Waals surface area contributed by atoms with Crippen LogP contribution in [0, 0.1) is 24.6 Å². The Bertz CT molecular complexity index is 1630. The third-order valence-electron chi connectivity index (χ3n) is 8.07. The molecular weight excluding hydrogens is 471 g/mol. The maximum absolute atomic E-state index is 14.0. The average molecular weight is 495 g/mol. The van der Waals surface area contributed by atoms with Crippen LogP contribution in [-0.2, 0) is 26.3 Å². The van der Waals surface area contributed by atoms with E-state index in [-0.39, 0.29) is 11.8 Å². The lowest BCUT2D eigenvalue weighted by atomic mass is 9.76. The van der Waals surface area contributed by atoms with Crippen LogP contribution >= 0.6 is 0 Å². The van der Waals surface area contributed by atoms with Gasteiger partial charge in [-0.25, -0.2) is 9.29 Å². The predicted molar refractivity (Wildman–Crippen MR) is 136 cm³/mol. The van der Waals surface area contributed by atoms with E-state index in [9.17, 15) is 18.8 Å². The number of aromatic amines is 1. The highest BCUT2D eigenvalue weighted by Crippen LogP contribution is 2.54. The Balaban J connectivity index is 1.38. The summed E-state index contributed by atoms with van der Waals surface area (Å²) in [6.07, 6.45) is 2.36. The number of imide groups is 1. The van der Waals surface area contributed by atoms with E-state index in [1.807, 2.05) is 55.6 Å². The van der Waals surface area contributed by atoms with Crippen LogP contribution in [0.4, 0.5) is 15.8 Å². The Hall–Kier alpha value is -4.30. The lowest BCUT2D eigenvalue weighted by Crippen LogP contribution is -2.53. The molecule has 2 saturated heterocycles. The lowest BCUT2D eigenvalue weighted by Gasteiger charge is -2.29. The molecule has 7 rings (SSSR count). The number of fused-ring (bicyclic) bond motifs is 5. The SMILES string of the molecule is Cc1ccc2c(c1)[C@]1(N[C@@H](Cc3c[nH]c4ccccc34)[C@H]3C(=O)N(c4ccc(F)cc4)C(=O)[C@@H]31)C(=O)N2. The van der Waals surface area contributed by atoms with Crippen molar-refractivity contribution in [2.75, 3.05) is 10.2 Å². The van der Waals surface area contributed by atoms with Crippen molar-refractivity contribution in [1.82, 2.24) is 10.3 Å². The molecule has 8 heteroatoms. The second-order valence-corrected chi connectivity index (χ2v) is 10.1. The summed E-state index contributed by atoms with van der Waals surface area (Å²) in [5, 5.41) is 7.46. The van der Waals surface area contributed by atoms with Crippen molar-refractivity contribution in [2.24, 2.45) is 11.8 Å². The van der Waals surface area contributed by atoms with E-state index in [0.717, 1.165) is 26.9 Å². The van der Waals surface area contributed by atoms with E-state index in [1.54, 1.807) is 0 Å². The van der Waals surface area contributed by atoms with Crippen molar-refractivity contribution in [3.05, 3.63) is 95.4 Å². The van der Waals surface area contributed by atoms with Gasteiger partial charge >= 0.3 is 0 Å². The first-order chi connectivity index (χ1) is 17.9. The molecule has 0 aliphatic carbocycles. The first kappa shape index (κ1) is 21.9. The van der Waals surface area contributed by atoms with Gasteiger partial charge in [-0.1, -0.05) is 35.9 Å². The number of aromatic nitrogens is 1. The standard InChI is InChI=1S/C29H23FN4O3/c1-15-6-11-22-20(12-15)29(28(37)32-22)25-24(26(35)34(27(25)36)18-9-7-17(30)8-10-18)23(33-29)13-16-14-31-21-5-3-2-4-19(16)21/h2-12,14,23-25,31,33H,13H2,1H3,(H,32,37)/t23-,24+,25+,29+/m0/s1. The number of carbonyl (C=O) groups excluding carboxylic acids is 3. The smallest absolute Gasteiger partial charge is 0.250 e. The van der Waals surface area contributed by atoms with Crippen LogP contribution in [0.15, 0.2) is 72.9 Å². The molecule has 3 aromatic carbocycles. The maximum Gasteiger partial charge on any atom is 0.250 e. The van der Waals surface area contributed by atoms with Crippen LogP contribution in [-0.4, -0.2) is 28.7 Å². The van der Waals surface area contributed by atoms with Gasteiger partial charge in [0.15, 0.2) is 0 Å². The minimum Gasteiger partial charge on any atom is -0.361 e. The third kappa shape index (κ3) is 2.93. The second kappa shape index (κ2) is 7.60. The fourth-order valence-electron chi connectivity index (χ4n) is 6.47. The molecule has 4 aromatic rings. The van der Waals surface area contributed by atoms with Crippen LogP contribution in [0.25, 0.3) is 10.9 Å². The first-order valence-corrected chi connectivity index (χ1v) is 12.3. The van der Waals surface area contributed by atoms with Crippen LogP contribution < -0.4 is 15.5 Å². The normalized spacial score (nSPS) is 26.3. The molecule has 0 unspecified atom stereocenters. The summed E-state index contributed by atoms with van der Waals surface area (Å²) in [6, 6.07) is 18.4. The third-order valence-corrected chi connectivity index (χ3v) is 8.07. The van der Waals surface area contributed by atoms with Gasteiger partial charge in [-0.2, -0.15) is 0 Å². The number of hydrogen-bond acceptors (Lipinski definition) is 4. The average Bonchev–Trinajstić information content (AvgIpc) is 3.59. The number of aryl methyl sites for hydroxylation is 1. The summed E-state index contributed by atoms with van der Waals surface area (Å²) in [5.41, 5.74) is 3.14. The number of amides is 3. The number of para-hydroxylation sites is 1. The molecule has 37 heavy (non-hydrogen) atoms. The summed E-state index contributed by atoms with van der Waals surface area (Å²) >= 11 is 0. The van der Waals surface area contributed by atoms with Crippen molar-refractivity contribution in [2.45, 2.75) is 24.9 Å². The maximum atomic E-state index is 14.0. The molecule has 7 nitrogen and oxygen atoms in total. The number of nitrogens with zero attached hydrogens (tertiary/aromatic N) is 1. The predicted octanol–water partition coefficient (Wildman–Crippen LogP) is 3.78. The second-order valence-electron chi connectivity index (χ2n) is 10.1. The summed E-state index contributed by atoms with van der Waals surface area (Å²) in [7, 11) is 0. The molecule has 4 heterocycles. The molecular formula is C29H23FN4O3. The van der Waals surface area contributed by atoms with Gasteiger partial charge in [0.25, 0.3) is 0 Å². The summed E-state index contributed by atoms with van der Waals surface area (Å²) in [4.78, 5) is 46.1. The summed E-state index contributed by atoms with van der Waals surface area (Å²) in [6.45, 7) is 1.93. The molecule has 0 saturated carbocycles. The van der Waals surface area contributed by atoms with Crippen LogP contribution in [0.3, 0.4) is 0 Å². The minimum atomic E-state index is -1.38. The zero-order valence-electron chi connectivity index (χ0n) is 19.9. The molecule has 3 amide bonds. The van der Waals surface area contributed by atoms with E-state index in [0.29, 0.717) is 23.4 Å². The van der Waals surface area contributed by atoms with Crippen molar-refractivity contribution >= 4 is 40.0 Å². The highest BCUT2D eigenvalue weighted by molar-refractivity contribution is 6.25. The van der Waals surface area contributed by atoms with Crippen molar-refractivity contribution in [3.8, 4) is 0 Å². The number of nitrogens with one attached hydrogen (secondary N) is 3. The Kier molecular flexibility index (Phi) is 4.51. The van der Waals surface area contributed by atoms with Crippen LogP contribution in [0.2, 0.25) is 0 Å². The number of halogens is 1. The van der Waals surface area contributed by atoms with E-state index in [1.165, 1.54) is 24.3 Å². The fraction of sp³-hybridized carbons (Fsp3) is 0.207. The quantitative estimate of drug-likeness (QED) is 0.378. The van der Waals surface area contributed by atoms with Crippen molar-refractivity contribution in [1.29, 1.82) is 0 Å². The van der Waals surface area contributed by atoms with E-state index < -0.39 is 35.1 Å². The monoisotopic (exact) mass is 494 g/mol. The Morgan fingerprint density at radius 2 is 1.76 bits per heavy atom. The topological polar surface area (TPSA) is 94.3 Å². The largest absolute Gasteiger partial charge is 0.361 e. The van der Waals surface area contributed by atoms with Gasteiger partial charge in [0.05, 0.1) is 17.5 Å². The summed E-state index contributed by atoms with van der Waals surface area (Å²) in [5.74, 6) is -3.36. The van der Waals surface area contributed by atoms with Gasteiger partial charge in [0.2, 0.25) is 17.7 Å². The number of anilines is 2. The van der Waals surface area contributed by atoms with Gasteiger partial charge in [-0.05, 0) is 55.3 Å². The van der Waals surface area contributed by atoms with E-state index in [2.05, 4.69) is 15.6 Å². The molecule has 0 bridgehead atoms. The molecule has 3 N–H and O–H groups in total. The van der Waals surface area contributed by atoms with Gasteiger partial charge in [0, 0.05) is 34.4 Å². The Morgan fingerprint density at radius 3 is 2.57 bits per heavy atom. The van der Waals surface area contributed by atoms with Gasteiger partial charge in [0.1, 0.15) is 11.4 Å². The molecule has 1 aromatic heterocycles. The highest BCUT2D eigenvalue weighted by atomic mass is 19.1. The zero-order valence-corrected chi connectivity index (χ0v) is 19.9.